The molecule has 1 unspecified atom stereocenters. The monoisotopic (exact) mass is 213 g/mol. The molecule has 0 fully saturated rings. The molecule has 0 aliphatic heterocycles. The van der Waals surface area contributed by atoms with E-state index in [0.29, 0.717) is 12.0 Å². The smallest absolute Gasteiger partial charge is 0.134 e. The van der Waals surface area contributed by atoms with Gasteiger partial charge in [0.2, 0.25) is 0 Å². The summed E-state index contributed by atoms with van der Waals surface area (Å²) < 4.78 is 0. The summed E-state index contributed by atoms with van der Waals surface area (Å²) >= 11 is 1.71. The SMILES string of the molecule is CCCNC(C)c1nnc(C(C)C)s1. The summed E-state index contributed by atoms with van der Waals surface area (Å²) in [6.45, 7) is 9.64. The molecule has 1 N–H and O–H groups in total. The van der Waals surface area contributed by atoms with E-state index in [1.54, 1.807) is 11.3 Å². The maximum atomic E-state index is 4.20. The Bertz CT molecular complexity index is 270. The quantitative estimate of drug-likeness (QED) is 0.817. The summed E-state index contributed by atoms with van der Waals surface area (Å²) in [4.78, 5) is 0. The Morgan fingerprint density at radius 1 is 1.21 bits per heavy atom. The molecule has 1 heterocycles. The molecule has 14 heavy (non-hydrogen) atoms. The van der Waals surface area contributed by atoms with Gasteiger partial charge >= 0.3 is 0 Å². The maximum absolute atomic E-state index is 4.20. The van der Waals surface area contributed by atoms with Gasteiger partial charge in [-0.2, -0.15) is 0 Å². The molecular weight excluding hydrogens is 194 g/mol. The van der Waals surface area contributed by atoms with E-state index in [1.165, 1.54) is 0 Å². The summed E-state index contributed by atoms with van der Waals surface area (Å²) in [6, 6.07) is 0.333. The number of nitrogens with zero attached hydrogens (tertiary/aromatic N) is 2. The number of hydrogen-bond acceptors (Lipinski definition) is 4. The lowest BCUT2D eigenvalue weighted by Gasteiger charge is -2.08. The fourth-order valence-electron chi connectivity index (χ4n) is 1.10. The van der Waals surface area contributed by atoms with Gasteiger partial charge < -0.3 is 5.32 Å². The minimum Gasteiger partial charge on any atom is -0.308 e. The highest BCUT2D eigenvalue weighted by Crippen LogP contribution is 2.23. The van der Waals surface area contributed by atoms with Gasteiger partial charge in [-0.3, -0.25) is 0 Å². The lowest BCUT2D eigenvalue weighted by atomic mass is 10.2. The molecule has 4 heteroatoms. The standard InChI is InChI=1S/C10H19N3S/c1-5-6-11-8(4)10-13-12-9(14-10)7(2)3/h7-8,11H,5-6H2,1-4H3. The first-order valence-corrected chi connectivity index (χ1v) is 6.03. The van der Waals surface area contributed by atoms with Gasteiger partial charge in [-0.1, -0.05) is 32.1 Å². The first kappa shape index (κ1) is 11.6. The predicted octanol–water partition coefficient (Wildman–Crippen LogP) is 2.72. The van der Waals surface area contributed by atoms with E-state index >= 15 is 0 Å². The van der Waals surface area contributed by atoms with Gasteiger partial charge in [0.25, 0.3) is 0 Å². The van der Waals surface area contributed by atoms with E-state index in [2.05, 4.69) is 43.2 Å². The van der Waals surface area contributed by atoms with Crippen molar-refractivity contribution in [2.45, 2.75) is 46.1 Å². The van der Waals surface area contributed by atoms with E-state index in [1.807, 2.05) is 0 Å². The molecule has 0 aromatic carbocycles. The summed E-state index contributed by atoms with van der Waals surface area (Å²) in [7, 11) is 0. The van der Waals surface area contributed by atoms with Crippen LogP contribution in [0.1, 0.15) is 56.1 Å². The topological polar surface area (TPSA) is 37.8 Å². The van der Waals surface area contributed by atoms with E-state index in [4.69, 9.17) is 0 Å². The Kier molecular flexibility index (Phi) is 4.48. The average molecular weight is 213 g/mol. The van der Waals surface area contributed by atoms with Crippen molar-refractivity contribution >= 4 is 11.3 Å². The third-order valence-electron chi connectivity index (χ3n) is 2.02. The second kappa shape index (κ2) is 5.41. The molecule has 80 valence electrons. The second-order valence-electron chi connectivity index (χ2n) is 3.81. The van der Waals surface area contributed by atoms with Crippen molar-refractivity contribution in [1.29, 1.82) is 0 Å². The molecule has 0 saturated carbocycles. The molecule has 0 aliphatic carbocycles. The lowest BCUT2D eigenvalue weighted by molar-refractivity contribution is 0.563. The minimum absolute atomic E-state index is 0.333. The fourth-order valence-corrected chi connectivity index (χ4v) is 1.98. The predicted molar refractivity (Wildman–Crippen MR) is 60.7 cm³/mol. The first-order valence-electron chi connectivity index (χ1n) is 5.21. The maximum Gasteiger partial charge on any atom is 0.134 e. The number of hydrogen-bond donors (Lipinski definition) is 1. The average Bonchev–Trinajstić information content (AvgIpc) is 2.62. The van der Waals surface area contributed by atoms with Crippen LogP contribution in [0.4, 0.5) is 0 Å². The van der Waals surface area contributed by atoms with Crippen molar-refractivity contribution in [3.05, 3.63) is 10.0 Å². The zero-order valence-corrected chi connectivity index (χ0v) is 10.2. The Balaban J connectivity index is 2.57. The number of nitrogens with one attached hydrogen (secondary N) is 1. The van der Waals surface area contributed by atoms with Gasteiger partial charge in [0.15, 0.2) is 0 Å². The van der Waals surface area contributed by atoms with Crippen LogP contribution in [0.5, 0.6) is 0 Å². The van der Waals surface area contributed by atoms with Crippen LogP contribution >= 0.6 is 11.3 Å². The van der Waals surface area contributed by atoms with E-state index in [-0.39, 0.29) is 0 Å². The molecule has 0 amide bonds. The molecule has 0 spiro atoms. The van der Waals surface area contributed by atoms with Crippen molar-refractivity contribution in [3.8, 4) is 0 Å². The molecular formula is C10H19N3S. The van der Waals surface area contributed by atoms with E-state index < -0.39 is 0 Å². The zero-order chi connectivity index (χ0) is 10.6. The number of rotatable bonds is 5. The second-order valence-corrected chi connectivity index (χ2v) is 4.85. The molecule has 3 nitrogen and oxygen atoms in total. The normalized spacial score (nSPS) is 13.5. The van der Waals surface area contributed by atoms with Crippen LogP contribution in [0, 0.1) is 0 Å². The Morgan fingerprint density at radius 3 is 2.36 bits per heavy atom. The van der Waals surface area contributed by atoms with Crippen LogP contribution in [0.25, 0.3) is 0 Å². The Hall–Kier alpha value is -0.480. The molecule has 0 radical (unpaired) electrons. The van der Waals surface area contributed by atoms with E-state index in [9.17, 15) is 0 Å². The molecule has 1 aromatic rings. The highest BCUT2D eigenvalue weighted by molar-refractivity contribution is 7.11. The molecule has 1 atom stereocenters. The highest BCUT2D eigenvalue weighted by Gasteiger charge is 2.12. The summed E-state index contributed by atoms with van der Waals surface area (Å²) in [5.41, 5.74) is 0. The summed E-state index contributed by atoms with van der Waals surface area (Å²) in [6.07, 6.45) is 1.15. The summed E-state index contributed by atoms with van der Waals surface area (Å²) in [5, 5.41) is 14.0. The number of aromatic nitrogens is 2. The van der Waals surface area contributed by atoms with E-state index in [0.717, 1.165) is 23.0 Å². The molecule has 0 saturated heterocycles. The largest absolute Gasteiger partial charge is 0.308 e. The Morgan fingerprint density at radius 2 is 1.86 bits per heavy atom. The van der Waals surface area contributed by atoms with Crippen LogP contribution < -0.4 is 5.32 Å². The third kappa shape index (κ3) is 3.03. The molecule has 0 bridgehead atoms. The van der Waals surface area contributed by atoms with Crippen LogP contribution in [0.2, 0.25) is 0 Å². The highest BCUT2D eigenvalue weighted by atomic mass is 32.1. The van der Waals surface area contributed by atoms with Crippen molar-refractivity contribution in [2.24, 2.45) is 0 Å². The van der Waals surface area contributed by atoms with Crippen molar-refractivity contribution in [2.75, 3.05) is 6.54 Å². The Labute approximate surface area is 89.9 Å². The van der Waals surface area contributed by atoms with Gasteiger partial charge in [-0.05, 0) is 19.9 Å². The van der Waals surface area contributed by atoms with Crippen LogP contribution in [0.3, 0.4) is 0 Å². The zero-order valence-electron chi connectivity index (χ0n) is 9.37. The minimum atomic E-state index is 0.333. The molecule has 0 aliphatic rings. The molecule has 1 aromatic heterocycles. The molecule has 1 rings (SSSR count). The van der Waals surface area contributed by atoms with Crippen LogP contribution in [-0.2, 0) is 0 Å². The summed E-state index contributed by atoms with van der Waals surface area (Å²) in [5.74, 6) is 0.486. The van der Waals surface area contributed by atoms with Gasteiger partial charge in [0, 0.05) is 5.92 Å². The van der Waals surface area contributed by atoms with Gasteiger partial charge in [-0.15, -0.1) is 10.2 Å². The van der Waals surface area contributed by atoms with Gasteiger partial charge in [0.1, 0.15) is 10.0 Å². The van der Waals surface area contributed by atoms with Gasteiger partial charge in [-0.25, -0.2) is 0 Å². The van der Waals surface area contributed by atoms with Crippen LogP contribution in [0.15, 0.2) is 0 Å². The van der Waals surface area contributed by atoms with Crippen molar-refractivity contribution < 1.29 is 0 Å². The third-order valence-corrected chi connectivity index (χ3v) is 3.43. The van der Waals surface area contributed by atoms with Crippen LogP contribution in [-0.4, -0.2) is 16.7 Å². The fraction of sp³-hybridized carbons (Fsp3) is 0.800. The van der Waals surface area contributed by atoms with Crippen molar-refractivity contribution in [3.63, 3.8) is 0 Å². The lowest BCUT2D eigenvalue weighted by Crippen LogP contribution is -2.18. The van der Waals surface area contributed by atoms with Gasteiger partial charge in [0.05, 0.1) is 6.04 Å². The first-order chi connectivity index (χ1) is 6.65. The van der Waals surface area contributed by atoms with Crippen molar-refractivity contribution in [1.82, 2.24) is 15.5 Å².